The second-order valence-corrected chi connectivity index (χ2v) is 2.80. The predicted octanol–water partition coefficient (Wildman–Crippen LogP) is 2.26. The standard InChI is InChI=1S/C6H3Cl2N3/c7-4-1-3-2-9-11-5(3)6(8)10-4/h1-2H,(H,9,11). The van der Waals surface area contributed by atoms with Crippen LogP contribution in [0.5, 0.6) is 0 Å². The van der Waals surface area contributed by atoms with Crippen molar-refractivity contribution in [3.8, 4) is 0 Å². The van der Waals surface area contributed by atoms with Gasteiger partial charge in [0.05, 0.1) is 0 Å². The zero-order chi connectivity index (χ0) is 7.84. The second-order valence-electron chi connectivity index (χ2n) is 2.06. The third kappa shape index (κ3) is 1.06. The highest BCUT2D eigenvalue weighted by Gasteiger charge is 2.03. The van der Waals surface area contributed by atoms with Gasteiger partial charge in [0.15, 0.2) is 5.15 Å². The van der Waals surface area contributed by atoms with Crippen molar-refractivity contribution in [2.45, 2.75) is 0 Å². The summed E-state index contributed by atoms with van der Waals surface area (Å²) in [5, 5.41) is 8.13. The van der Waals surface area contributed by atoms with Crippen LogP contribution in [0.1, 0.15) is 0 Å². The molecule has 0 fully saturated rings. The Labute approximate surface area is 72.3 Å². The second kappa shape index (κ2) is 2.36. The van der Waals surface area contributed by atoms with Gasteiger partial charge >= 0.3 is 0 Å². The quantitative estimate of drug-likeness (QED) is 0.644. The van der Waals surface area contributed by atoms with Gasteiger partial charge in [-0.2, -0.15) is 5.10 Å². The molecule has 0 saturated carbocycles. The van der Waals surface area contributed by atoms with Gasteiger partial charge < -0.3 is 0 Å². The van der Waals surface area contributed by atoms with E-state index in [1.54, 1.807) is 12.3 Å². The van der Waals surface area contributed by atoms with E-state index in [1.807, 2.05) is 0 Å². The van der Waals surface area contributed by atoms with Gasteiger partial charge in [-0.25, -0.2) is 4.98 Å². The molecule has 0 unspecified atom stereocenters. The maximum absolute atomic E-state index is 5.73. The SMILES string of the molecule is Clc1cc2c[nH]nc2c(Cl)n1. The lowest BCUT2D eigenvalue weighted by molar-refractivity contribution is 1.11. The largest absolute Gasteiger partial charge is 0.284 e. The molecule has 0 amide bonds. The number of nitrogens with one attached hydrogen (secondary N) is 1. The minimum absolute atomic E-state index is 0.328. The highest BCUT2D eigenvalue weighted by atomic mass is 35.5. The van der Waals surface area contributed by atoms with Crippen LogP contribution in [0.25, 0.3) is 10.9 Å². The van der Waals surface area contributed by atoms with Gasteiger partial charge in [0.25, 0.3) is 0 Å². The Balaban J connectivity index is 2.91. The molecular weight excluding hydrogens is 185 g/mol. The zero-order valence-electron chi connectivity index (χ0n) is 5.31. The Kier molecular flexibility index (Phi) is 1.47. The fourth-order valence-electron chi connectivity index (χ4n) is 0.882. The monoisotopic (exact) mass is 187 g/mol. The number of fused-ring (bicyclic) bond motifs is 1. The molecule has 0 saturated heterocycles. The molecule has 2 aromatic rings. The Bertz CT molecular complexity index is 396. The van der Waals surface area contributed by atoms with Gasteiger partial charge in [0, 0.05) is 11.6 Å². The highest BCUT2D eigenvalue weighted by molar-refractivity contribution is 6.36. The molecule has 2 rings (SSSR count). The van der Waals surface area contributed by atoms with Gasteiger partial charge in [-0.3, -0.25) is 5.10 Å². The fourth-order valence-corrected chi connectivity index (χ4v) is 1.37. The number of H-pyrrole nitrogens is 1. The maximum Gasteiger partial charge on any atom is 0.158 e. The van der Waals surface area contributed by atoms with Crippen LogP contribution in [0.3, 0.4) is 0 Å². The molecule has 5 heteroatoms. The summed E-state index contributed by atoms with van der Waals surface area (Å²) in [7, 11) is 0. The minimum atomic E-state index is 0.328. The summed E-state index contributed by atoms with van der Waals surface area (Å²) in [6.45, 7) is 0. The van der Waals surface area contributed by atoms with Crippen molar-refractivity contribution in [1.82, 2.24) is 15.2 Å². The molecule has 0 radical (unpaired) electrons. The molecule has 1 N–H and O–H groups in total. The first kappa shape index (κ1) is 6.88. The summed E-state index contributed by atoms with van der Waals surface area (Å²) in [6, 6.07) is 1.70. The minimum Gasteiger partial charge on any atom is -0.284 e. The molecule has 0 aromatic carbocycles. The number of aromatic amines is 1. The average Bonchev–Trinajstić information content (AvgIpc) is 2.34. The first-order chi connectivity index (χ1) is 5.27. The van der Waals surface area contributed by atoms with Gasteiger partial charge in [0.1, 0.15) is 10.7 Å². The van der Waals surface area contributed by atoms with E-state index in [-0.39, 0.29) is 0 Å². The summed E-state index contributed by atoms with van der Waals surface area (Å²) in [5.41, 5.74) is 0.649. The first-order valence-corrected chi connectivity index (χ1v) is 3.68. The molecule has 0 aliphatic rings. The lowest BCUT2D eigenvalue weighted by Gasteiger charge is -1.91. The van der Waals surface area contributed by atoms with E-state index in [9.17, 15) is 0 Å². The average molecular weight is 188 g/mol. The summed E-state index contributed by atoms with van der Waals surface area (Å²) in [5.74, 6) is 0. The predicted molar refractivity (Wildman–Crippen MR) is 43.9 cm³/mol. The maximum atomic E-state index is 5.73. The molecule has 3 nitrogen and oxygen atoms in total. The van der Waals surface area contributed by atoms with Gasteiger partial charge in [-0.1, -0.05) is 23.2 Å². The van der Waals surface area contributed by atoms with Crippen molar-refractivity contribution >= 4 is 34.1 Å². The Morgan fingerprint density at radius 2 is 2.18 bits per heavy atom. The summed E-state index contributed by atoms with van der Waals surface area (Å²) in [6.07, 6.45) is 1.72. The van der Waals surface area contributed by atoms with Gasteiger partial charge in [0.2, 0.25) is 0 Å². The number of pyridine rings is 1. The Hall–Kier alpha value is -0.800. The molecule has 2 heterocycles. The van der Waals surface area contributed by atoms with Crippen LogP contribution in [0, 0.1) is 0 Å². The highest BCUT2D eigenvalue weighted by Crippen LogP contribution is 2.21. The number of aromatic nitrogens is 3. The molecule has 0 spiro atoms. The lowest BCUT2D eigenvalue weighted by Crippen LogP contribution is -1.78. The summed E-state index contributed by atoms with van der Waals surface area (Å²) >= 11 is 11.4. The Morgan fingerprint density at radius 1 is 1.36 bits per heavy atom. The van der Waals surface area contributed by atoms with Crippen molar-refractivity contribution in [3.05, 3.63) is 22.6 Å². The van der Waals surface area contributed by atoms with E-state index in [4.69, 9.17) is 23.2 Å². The summed E-state index contributed by atoms with van der Waals surface area (Å²) < 4.78 is 0. The molecule has 0 aliphatic carbocycles. The van der Waals surface area contributed by atoms with Crippen molar-refractivity contribution < 1.29 is 0 Å². The van der Waals surface area contributed by atoms with Crippen LogP contribution >= 0.6 is 23.2 Å². The van der Waals surface area contributed by atoms with Crippen LogP contribution in [0.15, 0.2) is 12.3 Å². The van der Waals surface area contributed by atoms with E-state index in [0.29, 0.717) is 15.8 Å². The van der Waals surface area contributed by atoms with E-state index < -0.39 is 0 Å². The first-order valence-electron chi connectivity index (χ1n) is 2.93. The molecule has 56 valence electrons. The van der Waals surface area contributed by atoms with Gasteiger partial charge in [-0.15, -0.1) is 0 Å². The lowest BCUT2D eigenvalue weighted by atomic mass is 10.3. The van der Waals surface area contributed by atoms with Crippen molar-refractivity contribution in [3.63, 3.8) is 0 Å². The Morgan fingerprint density at radius 3 is 3.00 bits per heavy atom. The zero-order valence-corrected chi connectivity index (χ0v) is 6.82. The number of hydrogen-bond acceptors (Lipinski definition) is 2. The van der Waals surface area contributed by atoms with Crippen LogP contribution in [0.2, 0.25) is 10.3 Å². The van der Waals surface area contributed by atoms with Crippen molar-refractivity contribution in [1.29, 1.82) is 0 Å². The molecule has 11 heavy (non-hydrogen) atoms. The topological polar surface area (TPSA) is 41.6 Å². The molecule has 0 atom stereocenters. The van der Waals surface area contributed by atoms with E-state index in [1.165, 1.54) is 0 Å². The molecule has 2 aromatic heterocycles. The van der Waals surface area contributed by atoms with Gasteiger partial charge in [-0.05, 0) is 6.07 Å². The van der Waals surface area contributed by atoms with Crippen LogP contribution < -0.4 is 0 Å². The molecular formula is C6H3Cl2N3. The number of hydrogen-bond donors (Lipinski definition) is 1. The smallest absolute Gasteiger partial charge is 0.158 e. The van der Waals surface area contributed by atoms with E-state index >= 15 is 0 Å². The fraction of sp³-hybridized carbons (Fsp3) is 0. The van der Waals surface area contributed by atoms with E-state index in [2.05, 4.69) is 15.2 Å². The van der Waals surface area contributed by atoms with Crippen LogP contribution in [0.4, 0.5) is 0 Å². The number of nitrogens with zero attached hydrogens (tertiary/aromatic N) is 2. The van der Waals surface area contributed by atoms with Crippen molar-refractivity contribution in [2.75, 3.05) is 0 Å². The third-order valence-electron chi connectivity index (χ3n) is 1.34. The molecule has 0 aliphatic heterocycles. The third-order valence-corrected chi connectivity index (χ3v) is 1.80. The van der Waals surface area contributed by atoms with Crippen molar-refractivity contribution in [2.24, 2.45) is 0 Å². The van der Waals surface area contributed by atoms with E-state index in [0.717, 1.165) is 5.39 Å². The van der Waals surface area contributed by atoms with Crippen LogP contribution in [-0.2, 0) is 0 Å². The summed E-state index contributed by atoms with van der Waals surface area (Å²) in [4.78, 5) is 3.82. The van der Waals surface area contributed by atoms with Crippen LogP contribution in [-0.4, -0.2) is 15.2 Å². The molecule has 0 bridgehead atoms. The number of halogens is 2. The normalized spacial score (nSPS) is 10.7. The number of rotatable bonds is 0.